The first-order valence-corrected chi connectivity index (χ1v) is 37.2. The number of quaternary nitrogens is 1. The van der Waals surface area contributed by atoms with E-state index in [2.05, 4.69) is 31.3 Å². The number of aliphatic hydroxyl groups excluding tert-OH is 1. The van der Waals surface area contributed by atoms with E-state index in [4.69, 9.17) is 9.05 Å². The summed E-state index contributed by atoms with van der Waals surface area (Å²) < 4.78 is 23.4. The molecule has 8 nitrogen and oxygen atoms in total. The first-order valence-electron chi connectivity index (χ1n) is 35.7. The van der Waals surface area contributed by atoms with Crippen LogP contribution in [0.15, 0.2) is 24.3 Å². The molecular formula is C71H141N2O6P. The van der Waals surface area contributed by atoms with Gasteiger partial charge in [0.25, 0.3) is 7.82 Å². The first-order chi connectivity index (χ1) is 39.0. The Labute approximate surface area is 500 Å². The molecule has 0 radical (unpaired) electrons. The minimum absolute atomic E-state index is 0.00359. The van der Waals surface area contributed by atoms with Crippen molar-refractivity contribution in [3.05, 3.63) is 24.3 Å². The molecule has 3 atom stereocenters. The van der Waals surface area contributed by atoms with Crippen molar-refractivity contribution in [2.24, 2.45) is 0 Å². The molecule has 0 spiro atoms. The van der Waals surface area contributed by atoms with Crippen molar-refractivity contribution in [1.29, 1.82) is 0 Å². The van der Waals surface area contributed by atoms with Crippen LogP contribution in [0, 0.1) is 0 Å². The number of unbranched alkanes of at least 4 members (excludes halogenated alkanes) is 52. The Bertz CT molecular complexity index is 1350. The molecule has 0 fully saturated rings. The van der Waals surface area contributed by atoms with E-state index in [1.54, 1.807) is 6.08 Å². The molecule has 1 amide bonds. The minimum atomic E-state index is -4.61. The molecule has 0 aromatic rings. The number of phosphoric acid groups is 1. The molecule has 0 bridgehead atoms. The SMILES string of the molecule is CCCCCCCCCCCCCC/C=C/CC/C=C/C(O)C(COP(=O)([O-])OCC[N+](C)(C)C)NC(=O)CCCCCCCCCCCCCCCCCCCCCCCCCCCCCCCCCCCCCCCCCC. The monoisotopic (exact) mass is 1150 g/mol. The summed E-state index contributed by atoms with van der Waals surface area (Å²) in [6.07, 6.45) is 81.9. The van der Waals surface area contributed by atoms with Crippen LogP contribution in [0.4, 0.5) is 0 Å². The smallest absolute Gasteiger partial charge is 0.268 e. The summed E-state index contributed by atoms with van der Waals surface area (Å²) in [6.45, 7) is 4.68. The molecule has 0 rings (SSSR count). The molecule has 0 heterocycles. The van der Waals surface area contributed by atoms with Gasteiger partial charge in [-0.3, -0.25) is 9.36 Å². The number of hydrogen-bond donors (Lipinski definition) is 2. The summed E-state index contributed by atoms with van der Waals surface area (Å²) in [4.78, 5) is 25.6. The van der Waals surface area contributed by atoms with E-state index in [1.165, 1.54) is 315 Å². The molecule has 0 saturated heterocycles. The zero-order valence-corrected chi connectivity index (χ0v) is 55.5. The van der Waals surface area contributed by atoms with Gasteiger partial charge in [0, 0.05) is 6.42 Å². The fourth-order valence-electron chi connectivity index (χ4n) is 11.1. The van der Waals surface area contributed by atoms with Gasteiger partial charge in [-0.2, -0.15) is 0 Å². The molecule has 0 aliphatic heterocycles. The Morgan fingerprint density at radius 3 is 1.01 bits per heavy atom. The lowest BCUT2D eigenvalue weighted by atomic mass is 10.0. The highest BCUT2D eigenvalue weighted by atomic mass is 31.2. The fraction of sp³-hybridized carbons (Fsp3) is 0.930. The topological polar surface area (TPSA) is 108 Å². The second-order valence-corrected chi connectivity index (χ2v) is 27.4. The van der Waals surface area contributed by atoms with E-state index in [0.29, 0.717) is 17.4 Å². The van der Waals surface area contributed by atoms with Crippen molar-refractivity contribution >= 4 is 13.7 Å². The lowest BCUT2D eigenvalue weighted by Crippen LogP contribution is -2.45. The predicted molar refractivity (Wildman–Crippen MR) is 349 cm³/mol. The number of carbonyl (C=O) groups is 1. The van der Waals surface area contributed by atoms with Gasteiger partial charge in [0.2, 0.25) is 5.91 Å². The second kappa shape index (κ2) is 62.5. The van der Waals surface area contributed by atoms with Gasteiger partial charge in [0.15, 0.2) is 0 Å². The molecule has 0 aliphatic rings. The van der Waals surface area contributed by atoms with Gasteiger partial charge >= 0.3 is 0 Å². The standard InChI is InChI=1S/C71H141N2O6P/c1-6-8-10-12-14-16-18-20-22-24-26-27-28-29-30-31-32-33-34-35-36-37-38-39-40-41-42-43-44-45-46-47-49-51-53-55-57-59-61-63-65-71(75)72-69(68-79-80(76,77)78-67-66-73(3,4)5)70(74)64-62-60-58-56-54-52-50-48-25-23-21-19-17-15-13-11-9-7-2/h54,56,62,64,69-70,74H,6-53,55,57-61,63,65-68H2,1-5H3,(H-,72,75,76,77)/b56-54+,64-62+. The lowest BCUT2D eigenvalue weighted by Gasteiger charge is -2.29. The van der Waals surface area contributed by atoms with Gasteiger partial charge in [0.05, 0.1) is 39.9 Å². The number of aliphatic hydroxyl groups is 1. The van der Waals surface area contributed by atoms with Crippen LogP contribution in [0.2, 0.25) is 0 Å². The summed E-state index contributed by atoms with van der Waals surface area (Å²) in [6, 6.07) is -0.901. The molecule has 476 valence electrons. The number of amides is 1. The van der Waals surface area contributed by atoms with Crippen molar-refractivity contribution in [3.8, 4) is 0 Å². The van der Waals surface area contributed by atoms with E-state index in [0.717, 1.165) is 38.5 Å². The number of hydrogen-bond acceptors (Lipinski definition) is 6. The number of likely N-dealkylation sites (N-methyl/N-ethyl adjacent to an activating group) is 1. The average Bonchev–Trinajstić information content (AvgIpc) is 3.42. The number of nitrogens with one attached hydrogen (secondary N) is 1. The Morgan fingerprint density at radius 2 is 0.700 bits per heavy atom. The van der Waals surface area contributed by atoms with Crippen molar-refractivity contribution in [2.45, 2.75) is 386 Å². The van der Waals surface area contributed by atoms with Crippen molar-refractivity contribution in [3.63, 3.8) is 0 Å². The van der Waals surface area contributed by atoms with Crippen LogP contribution in [-0.2, 0) is 18.4 Å². The summed E-state index contributed by atoms with van der Waals surface area (Å²) >= 11 is 0. The summed E-state index contributed by atoms with van der Waals surface area (Å²) in [5.74, 6) is -0.199. The number of rotatable bonds is 67. The summed E-state index contributed by atoms with van der Waals surface area (Å²) in [5, 5.41) is 13.9. The fourth-order valence-corrected chi connectivity index (χ4v) is 11.8. The van der Waals surface area contributed by atoms with Crippen LogP contribution in [0.3, 0.4) is 0 Å². The van der Waals surface area contributed by atoms with E-state index < -0.39 is 20.0 Å². The quantitative estimate of drug-likeness (QED) is 0.0272. The van der Waals surface area contributed by atoms with E-state index in [9.17, 15) is 19.4 Å². The maximum absolute atomic E-state index is 13.0. The van der Waals surface area contributed by atoms with Gasteiger partial charge in [0.1, 0.15) is 13.2 Å². The van der Waals surface area contributed by atoms with Crippen molar-refractivity contribution in [1.82, 2.24) is 5.32 Å². The molecule has 0 aromatic heterocycles. The summed E-state index contributed by atoms with van der Waals surface area (Å²) in [7, 11) is 1.26. The minimum Gasteiger partial charge on any atom is -0.756 e. The number of phosphoric ester groups is 1. The predicted octanol–water partition coefficient (Wildman–Crippen LogP) is 22.0. The Kier molecular flexibility index (Phi) is 61.7. The molecule has 80 heavy (non-hydrogen) atoms. The maximum Gasteiger partial charge on any atom is 0.268 e. The Hall–Kier alpha value is -1.02. The molecule has 0 aromatic carbocycles. The van der Waals surface area contributed by atoms with Crippen LogP contribution >= 0.6 is 7.82 Å². The molecular weight excluding hydrogens is 1010 g/mol. The van der Waals surface area contributed by atoms with Gasteiger partial charge in [-0.15, -0.1) is 0 Å². The third-order valence-corrected chi connectivity index (χ3v) is 17.6. The highest BCUT2D eigenvalue weighted by Gasteiger charge is 2.23. The third-order valence-electron chi connectivity index (χ3n) is 16.7. The molecule has 0 aliphatic carbocycles. The normalized spacial score (nSPS) is 13.7. The lowest BCUT2D eigenvalue weighted by molar-refractivity contribution is -0.870. The van der Waals surface area contributed by atoms with Crippen LogP contribution in [0.1, 0.15) is 373 Å². The zero-order chi connectivity index (χ0) is 58.4. The van der Waals surface area contributed by atoms with Gasteiger partial charge in [-0.25, -0.2) is 0 Å². The second-order valence-electron chi connectivity index (χ2n) is 25.9. The highest BCUT2D eigenvalue weighted by molar-refractivity contribution is 7.45. The van der Waals surface area contributed by atoms with Gasteiger partial charge < -0.3 is 28.8 Å². The third kappa shape index (κ3) is 64.5. The first kappa shape index (κ1) is 79.0. The largest absolute Gasteiger partial charge is 0.756 e. The van der Waals surface area contributed by atoms with Gasteiger partial charge in [-0.05, 0) is 32.1 Å². The average molecular weight is 1150 g/mol. The van der Waals surface area contributed by atoms with Crippen LogP contribution in [0.25, 0.3) is 0 Å². The zero-order valence-electron chi connectivity index (χ0n) is 54.6. The van der Waals surface area contributed by atoms with E-state index >= 15 is 0 Å². The number of nitrogens with zero attached hydrogens (tertiary/aromatic N) is 1. The molecule has 3 unspecified atom stereocenters. The van der Waals surface area contributed by atoms with Crippen LogP contribution in [0.5, 0.6) is 0 Å². The van der Waals surface area contributed by atoms with Crippen molar-refractivity contribution in [2.75, 3.05) is 40.9 Å². The van der Waals surface area contributed by atoms with Crippen molar-refractivity contribution < 1.29 is 32.9 Å². The number of carbonyl (C=O) groups excluding carboxylic acids is 1. The highest BCUT2D eigenvalue weighted by Crippen LogP contribution is 2.38. The Balaban J connectivity index is 3.88. The van der Waals surface area contributed by atoms with Gasteiger partial charge in [-0.1, -0.05) is 359 Å². The van der Waals surface area contributed by atoms with Crippen LogP contribution < -0.4 is 10.2 Å². The molecule has 0 saturated carbocycles. The summed E-state index contributed by atoms with van der Waals surface area (Å²) in [5.41, 5.74) is 0. The molecule has 2 N–H and O–H groups in total. The number of allylic oxidation sites excluding steroid dienone is 3. The maximum atomic E-state index is 13.0. The molecule has 9 heteroatoms. The van der Waals surface area contributed by atoms with E-state index in [1.807, 2.05) is 27.2 Å². The van der Waals surface area contributed by atoms with Crippen LogP contribution in [-0.4, -0.2) is 68.5 Å². The van der Waals surface area contributed by atoms with E-state index in [-0.39, 0.29) is 19.1 Å². The Morgan fingerprint density at radius 1 is 0.425 bits per heavy atom.